The Morgan fingerprint density at radius 1 is 1.12 bits per heavy atom. The maximum Gasteiger partial charge on any atom is 0.256 e. The van der Waals surface area contributed by atoms with E-state index in [1.54, 1.807) is 18.5 Å². The molecule has 3 aromatic rings. The first-order chi connectivity index (χ1) is 15.7. The Bertz CT molecular complexity index is 1180. The molecule has 2 saturated heterocycles. The highest BCUT2D eigenvalue weighted by Gasteiger charge is 2.59. The van der Waals surface area contributed by atoms with Gasteiger partial charge < -0.3 is 19.2 Å². The standard InChI is InChI=1S/C23H29N5O4Si/c1-23(2,3)33(4,5)30-11-15-17-18(32-17)22(31-15)28-13-26-16-19(24-12-25-20(16)28)27-21(29)14-9-7-6-8-10-14/h6-10,12-13,15,17-18,22H,11H2,1-5H3,(H,24,25,27,29)/t15-,17-,18-,22-/m1/s1. The van der Waals surface area contributed by atoms with Gasteiger partial charge in [0.05, 0.1) is 12.9 Å². The number of rotatable bonds is 6. The lowest BCUT2D eigenvalue weighted by Crippen LogP contribution is -2.43. The summed E-state index contributed by atoms with van der Waals surface area (Å²) in [7, 11) is -1.88. The van der Waals surface area contributed by atoms with Crippen LogP contribution < -0.4 is 5.32 Å². The van der Waals surface area contributed by atoms with Gasteiger partial charge in [0.25, 0.3) is 5.91 Å². The van der Waals surface area contributed by atoms with Crippen LogP contribution in [0.2, 0.25) is 18.1 Å². The number of aromatic nitrogens is 4. The van der Waals surface area contributed by atoms with E-state index < -0.39 is 8.32 Å². The number of ether oxygens (including phenoxy) is 2. The maximum atomic E-state index is 12.6. The summed E-state index contributed by atoms with van der Waals surface area (Å²) in [5.41, 5.74) is 1.63. The molecule has 2 fully saturated rings. The highest BCUT2D eigenvalue weighted by atomic mass is 28.4. The summed E-state index contributed by atoms with van der Waals surface area (Å²) in [4.78, 5) is 25.7. The predicted octanol–water partition coefficient (Wildman–Crippen LogP) is 3.77. The van der Waals surface area contributed by atoms with Crippen LogP contribution in [0.1, 0.15) is 37.4 Å². The third kappa shape index (κ3) is 4.08. The molecule has 0 saturated carbocycles. The van der Waals surface area contributed by atoms with Crippen LogP contribution in [0.15, 0.2) is 43.0 Å². The summed E-state index contributed by atoms with van der Waals surface area (Å²) in [6.07, 6.45) is 2.55. The van der Waals surface area contributed by atoms with Crippen LogP contribution in [0.4, 0.5) is 5.82 Å². The van der Waals surface area contributed by atoms with Crippen LogP contribution in [-0.4, -0.2) is 58.7 Å². The van der Waals surface area contributed by atoms with E-state index in [4.69, 9.17) is 13.9 Å². The molecule has 0 bridgehead atoms. The minimum atomic E-state index is -1.88. The van der Waals surface area contributed by atoms with E-state index in [2.05, 4.69) is 54.1 Å². The summed E-state index contributed by atoms with van der Waals surface area (Å²) >= 11 is 0. The third-order valence-corrected chi connectivity index (χ3v) is 11.3. The van der Waals surface area contributed by atoms with Gasteiger partial charge in [-0.15, -0.1) is 0 Å². The number of anilines is 1. The smallest absolute Gasteiger partial charge is 0.256 e. The van der Waals surface area contributed by atoms with E-state index in [0.29, 0.717) is 29.2 Å². The molecule has 4 heterocycles. The van der Waals surface area contributed by atoms with Gasteiger partial charge in [-0.25, -0.2) is 15.0 Å². The number of hydrogen-bond donors (Lipinski definition) is 1. The van der Waals surface area contributed by atoms with Gasteiger partial charge in [-0.2, -0.15) is 0 Å². The van der Waals surface area contributed by atoms with Crippen LogP contribution in [0.3, 0.4) is 0 Å². The van der Waals surface area contributed by atoms with E-state index in [-0.39, 0.29) is 35.5 Å². The Hall–Kier alpha value is -2.66. The van der Waals surface area contributed by atoms with Gasteiger partial charge in [-0.3, -0.25) is 9.36 Å². The second kappa shape index (κ2) is 7.98. The summed E-state index contributed by atoms with van der Waals surface area (Å²) in [5, 5.41) is 2.96. The average molecular weight is 468 g/mol. The van der Waals surface area contributed by atoms with Gasteiger partial charge in [0, 0.05) is 5.56 Å². The van der Waals surface area contributed by atoms with Gasteiger partial charge in [0.15, 0.2) is 31.5 Å². The van der Waals surface area contributed by atoms with Crippen molar-refractivity contribution in [3.8, 4) is 0 Å². The van der Waals surface area contributed by atoms with Crippen LogP contribution in [0.5, 0.6) is 0 Å². The summed E-state index contributed by atoms with van der Waals surface area (Å²) in [6, 6.07) is 8.98. The van der Waals surface area contributed by atoms with Crippen molar-refractivity contribution in [1.82, 2.24) is 19.5 Å². The van der Waals surface area contributed by atoms with Crippen LogP contribution in [0.25, 0.3) is 11.2 Å². The SMILES string of the molecule is CC(C)(C)[Si](C)(C)OC[C@H]1O[C@@H](n2cnc3c(NC(=O)c4ccccc4)ncnc32)[C@@H]2O[C@@H]21. The first-order valence-electron chi connectivity index (χ1n) is 11.1. The molecule has 0 unspecified atom stereocenters. The first-order valence-corrected chi connectivity index (χ1v) is 14.1. The molecule has 174 valence electrons. The van der Waals surface area contributed by atoms with Gasteiger partial charge in [0.2, 0.25) is 0 Å². The quantitative estimate of drug-likeness (QED) is 0.435. The van der Waals surface area contributed by atoms with E-state index in [0.717, 1.165) is 0 Å². The first kappa shape index (κ1) is 22.1. The van der Waals surface area contributed by atoms with Crippen molar-refractivity contribution < 1.29 is 18.7 Å². The zero-order chi connectivity index (χ0) is 23.4. The average Bonchev–Trinajstić information content (AvgIpc) is 3.31. The molecule has 1 amide bonds. The van der Waals surface area contributed by atoms with Crippen molar-refractivity contribution in [2.45, 2.75) is 63.4 Å². The number of amides is 1. The number of benzene rings is 1. The number of nitrogens with one attached hydrogen (secondary N) is 1. The number of hydrogen-bond acceptors (Lipinski definition) is 7. The third-order valence-electron chi connectivity index (χ3n) is 6.84. The summed E-state index contributed by atoms with van der Waals surface area (Å²) in [5.74, 6) is 0.104. The van der Waals surface area contributed by atoms with Gasteiger partial charge in [-0.1, -0.05) is 39.0 Å². The van der Waals surface area contributed by atoms with E-state index in [1.807, 2.05) is 22.8 Å². The van der Waals surface area contributed by atoms with Crippen molar-refractivity contribution >= 4 is 31.2 Å². The maximum absolute atomic E-state index is 12.6. The fraction of sp³-hybridized carbons (Fsp3) is 0.478. The van der Waals surface area contributed by atoms with Crippen LogP contribution >= 0.6 is 0 Å². The number of carbonyl (C=O) groups excluding carboxylic acids is 1. The Balaban J connectivity index is 1.32. The number of fused-ring (bicyclic) bond motifs is 2. The van der Waals surface area contributed by atoms with Gasteiger partial charge in [-0.05, 0) is 30.3 Å². The lowest BCUT2D eigenvalue weighted by atomic mass is 10.2. The normalized spacial score (nSPS) is 24.6. The summed E-state index contributed by atoms with van der Waals surface area (Å²) in [6.45, 7) is 11.6. The van der Waals surface area contributed by atoms with Crippen molar-refractivity contribution in [3.05, 3.63) is 48.5 Å². The Morgan fingerprint density at radius 3 is 2.61 bits per heavy atom. The molecule has 0 aliphatic carbocycles. The van der Waals surface area contributed by atoms with E-state index >= 15 is 0 Å². The Morgan fingerprint density at radius 2 is 1.88 bits per heavy atom. The molecule has 0 spiro atoms. The van der Waals surface area contributed by atoms with Gasteiger partial charge >= 0.3 is 0 Å². The highest BCUT2D eigenvalue weighted by Crippen LogP contribution is 2.46. The number of epoxide rings is 1. The molecular formula is C23H29N5O4Si. The minimum Gasteiger partial charge on any atom is -0.414 e. The molecule has 4 atom stereocenters. The molecule has 9 nitrogen and oxygen atoms in total. The zero-order valence-electron chi connectivity index (χ0n) is 19.5. The molecule has 10 heteroatoms. The molecule has 1 N–H and O–H groups in total. The topological polar surface area (TPSA) is 104 Å². The summed E-state index contributed by atoms with van der Waals surface area (Å²) < 4.78 is 20.4. The lowest BCUT2D eigenvalue weighted by molar-refractivity contribution is -0.0803. The lowest BCUT2D eigenvalue weighted by Gasteiger charge is -2.37. The number of imidazole rings is 1. The van der Waals surface area contributed by atoms with Crippen molar-refractivity contribution in [2.24, 2.45) is 0 Å². The molecule has 1 aromatic carbocycles. The second-order valence-corrected chi connectivity index (χ2v) is 14.9. The molecule has 2 aromatic heterocycles. The molecule has 2 aliphatic heterocycles. The minimum absolute atomic E-state index is 0.0105. The monoisotopic (exact) mass is 467 g/mol. The number of carbonyl (C=O) groups is 1. The van der Waals surface area contributed by atoms with Gasteiger partial charge in [0.1, 0.15) is 24.6 Å². The van der Waals surface area contributed by atoms with E-state index in [1.165, 1.54) is 6.33 Å². The molecular weight excluding hydrogens is 438 g/mol. The van der Waals surface area contributed by atoms with E-state index in [9.17, 15) is 4.79 Å². The van der Waals surface area contributed by atoms with Crippen molar-refractivity contribution in [1.29, 1.82) is 0 Å². The molecule has 33 heavy (non-hydrogen) atoms. The van der Waals surface area contributed by atoms with Crippen molar-refractivity contribution in [2.75, 3.05) is 11.9 Å². The fourth-order valence-corrected chi connectivity index (χ4v) is 4.78. The Kier molecular flexibility index (Phi) is 5.35. The number of nitrogens with zero attached hydrogens (tertiary/aromatic N) is 4. The molecule has 0 radical (unpaired) electrons. The Labute approximate surface area is 193 Å². The predicted molar refractivity (Wildman–Crippen MR) is 125 cm³/mol. The zero-order valence-corrected chi connectivity index (χ0v) is 20.5. The second-order valence-electron chi connectivity index (χ2n) is 10.1. The molecule has 5 rings (SSSR count). The highest BCUT2D eigenvalue weighted by molar-refractivity contribution is 6.74. The molecule has 2 aliphatic rings. The largest absolute Gasteiger partial charge is 0.414 e. The van der Waals surface area contributed by atoms with Crippen molar-refractivity contribution in [3.63, 3.8) is 0 Å². The fourth-order valence-electron chi connectivity index (χ4n) is 3.76. The van der Waals surface area contributed by atoms with Crippen LogP contribution in [0, 0.1) is 0 Å². The van der Waals surface area contributed by atoms with Crippen LogP contribution in [-0.2, 0) is 13.9 Å².